The predicted molar refractivity (Wildman–Crippen MR) is 49.4 cm³/mol. The van der Waals surface area contributed by atoms with Gasteiger partial charge in [-0.1, -0.05) is 6.92 Å². The van der Waals surface area contributed by atoms with Crippen LogP contribution in [-0.4, -0.2) is 30.7 Å². The molecule has 8 heteroatoms. The van der Waals surface area contributed by atoms with Crippen LogP contribution in [0, 0.1) is 0 Å². The van der Waals surface area contributed by atoms with E-state index < -0.39 is 22.0 Å². The van der Waals surface area contributed by atoms with Gasteiger partial charge in [0.2, 0.25) is 0 Å². The average Bonchev–Trinajstić information content (AvgIpc) is 2.00. The lowest BCUT2D eigenvalue weighted by Gasteiger charge is -2.16. The first-order chi connectivity index (χ1) is 6.79. The molecule has 0 spiro atoms. The van der Waals surface area contributed by atoms with Gasteiger partial charge in [-0.05, 0) is 6.42 Å². The first-order valence-corrected chi connectivity index (χ1v) is 5.80. The highest BCUT2D eigenvalue weighted by molar-refractivity contribution is 7.88. The van der Waals surface area contributed by atoms with E-state index in [1.54, 1.807) is 6.92 Å². The molecule has 0 fully saturated rings. The minimum Gasteiger partial charge on any atom is -0.319 e. The molecule has 0 saturated carbocycles. The lowest BCUT2D eigenvalue weighted by Crippen LogP contribution is -2.36. The minimum atomic E-state index is -3.92. The minimum absolute atomic E-state index is 0.0544. The summed E-state index contributed by atoms with van der Waals surface area (Å²) in [5, 5.41) is 0. The van der Waals surface area contributed by atoms with E-state index in [0.29, 0.717) is 6.42 Å². The summed E-state index contributed by atoms with van der Waals surface area (Å²) in [6.45, 7) is 3.62. The monoisotopic (exact) mass is 239 g/mol. The van der Waals surface area contributed by atoms with Gasteiger partial charge in [0, 0.05) is 13.8 Å². The van der Waals surface area contributed by atoms with Crippen LogP contribution in [0.3, 0.4) is 0 Å². The van der Waals surface area contributed by atoms with Gasteiger partial charge < -0.3 is 9.68 Å². The number of carbonyl (C=O) groups is 2. The molecule has 0 saturated heterocycles. The number of nitrogens with zero attached hydrogens (tertiary/aromatic N) is 1. The third-order valence-corrected chi connectivity index (χ3v) is 2.62. The average molecular weight is 239 g/mol. The second-order valence-corrected chi connectivity index (χ2v) is 4.55. The van der Waals surface area contributed by atoms with Crippen molar-refractivity contribution >= 4 is 22.0 Å². The largest absolute Gasteiger partial charge is 0.327 e. The Hall–Kier alpha value is -1.15. The molecule has 0 bridgehead atoms. The van der Waals surface area contributed by atoms with Crippen molar-refractivity contribution in [3.8, 4) is 0 Å². The van der Waals surface area contributed by atoms with Gasteiger partial charge in [-0.15, -0.1) is 0 Å². The summed E-state index contributed by atoms with van der Waals surface area (Å²) >= 11 is 0. The smallest absolute Gasteiger partial charge is 0.319 e. The fraction of sp³-hybridized carbons (Fsp3) is 0.714. The molecule has 0 aromatic carbocycles. The van der Waals surface area contributed by atoms with E-state index in [2.05, 4.69) is 9.68 Å². The van der Waals surface area contributed by atoms with Crippen molar-refractivity contribution in [2.24, 2.45) is 0 Å². The summed E-state index contributed by atoms with van der Waals surface area (Å²) in [5.41, 5.74) is 0. The van der Waals surface area contributed by atoms with Crippen LogP contribution < -0.4 is 0 Å². The quantitative estimate of drug-likeness (QED) is 0.626. The number of sulfonamides is 1. The van der Waals surface area contributed by atoms with Gasteiger partial charge >= 0.3 is 11.9 Å². The van der Waals surface area contributed by atoms with Crippen molar-refractivity contribution in [3.05, 3.63) is 0 Å². The molecule has 0 aromatic heterocycles. The highest BCUT2D eigenvalue weighted by atomic mass is 32.2. The molecule has 0 aliphatic rings. The summed E-state index contributed by atoms with van der Waals surface area (Å²) in [6, 6.07) is 0. The van der Waals surface area contributed by atoms with E-state index in [4.69, 9.17) is 0 Å². The van der Waals surface area contributed by atoms with Gasteiger partial charge in [0.25, 0.3) is 10.0 Å². The Bertz CT molecular complexity index is 319. The zero-order valence-electron chi connectivity index (χ0n) is 8.72. The van der Waals surface area contributed by atoms with E-state index in [9.17, 15) is 18.0 Å². The molecular weight excluding hydrogens is 226 g/mol. The first kappa shape index (κ1) is 13.8. The van der Waals surface area contributed by atoms with E-state index >= 15 is 0 Å². The van der Waals surface area contributed by atoms with Crippen molar-refractivity contribution in [1.29, 1.82) is 0 Å². The zero-order valence-corrected chi connectivity index (χ0v) is 9.54. The van der Waals surface area contributed by atoms with Crippen LogP contribution in [0.1, 0.15) is 27.2 Å². The van der Waals surface area contributed by atoms with Crippen LogP contribution in [0.15, 0.2) is 0 Å². The van der Waals surface area contributed by atoms with E-state index in [1.165, 1.54) is 0 Å². The summed E-state index contributed by atoms with van der Waals surface area (Å²) in [5.74, 6) is -2.07. The summed E-state index contributed by atoms with van der Waals surface area (Å²) in [4.78, 5) is 29.6. The molecule has 0 rings (SSSR count). The second-order valence-electron chi connectivity index (χ2n) is 2.68. The SMILES string of the molecule is CCCS(=O)(=O)N(OC(C)=O)OC(C)=O. The fourth-order valence-electron chi connectivity index (χ4n) is 0.675. The molecular formula is C7H13NO6S. The van der Waals surface area contributed by atoms with Crippen LogP contribution in [-0.2, 0) is 29.3 Å². The number of carbonyl (C=O) groups excluding carboxylic acids is 2. The topological polar surface area (TPSA) is 90.0 Å². The molecule has 0 aliphatic carbocycles. The van der Waals surface area contributed by atoms with Crippen molar-refractivity contribution in [2.45, 2.75) is 27.2 Å². The van der Waals surface area contributed by atoms with Crippen molar-refractivity contribution in [2.75, 3.05) is 5.75 Å². The lowest BCUT2D eigenvalue weighted by atomic mass is 10.6. The molecule has 0 amide bonds. The van der Waals surface area contributed by atoms with Gasteiger partial charge in [-0.3, -0.25) is 9.59 Å². The number of rotatable bonds is 5. The van der Waals surface area contributed by atoms with Crippen LogP contribution in [0.5, 0.6) is 0 Å². The number of hydrogen-bond donors (Lipinski definition) is 0. The van der Waals surface area contributed by atoms with Crippen LogP contribution in [0.2, 0.25) is 0 Å². The maximum atomic E-state index is 11.4. The first-order valence-electron chi connectivity index (χ1n) is 4.19. The second kappa shape index (κ2) is 5.66. The molecule has 88 valence electrons. The Kier molecular flexibility index (Phi) is 5.23. The Morgan fingerprint density at radius 2 is 1.53 bits per heavy atom. The Balaban J connectivity index is 4.76. The van der Waals surface area contributed by atoms with Gasteiger partial charge in [-0.2, -0.15) is 0 Å². The van der Waals surface area contributed by atoms with Gasteiger partial charge in [0.05, 0.1) is 5.75 Å². The highest BCUT2D eigenvalue weighted by Crippen LogP contribution is 2.06. The Morgan fingerprint density at radius 1 is 1.13 bits per heavy atom. The standard InChI is InChI=1S/C7H13NO6S/c1-4-5-15(11,12)8(13-6(2)9)14-7(3)10/h4-5H2,1-3H3. The lowest BCUT2D eigenvalue weighted by molar-refractivity contribution is -0.267. The molecule has 15 heavy (non-hydrogen) atoms. The molecule has 0 aromatic rings. The number of hydrogen-bond acceptors (Lipinski definition) is 6. The third kappa shape index (κ3) is 5.33. The molecule has 7 nitrogen and oxygen atoms in total. The van der Waals surface area contributed by atoms with Gasteiger partial charge in [-0.25, -0.2) is 8.42 Å². The molecule has 0 radical (unpaired) electrons. The molecule has 0 unspecified atom stereocenters. The molecule has 0 heterocycles. The molecule has 0 aliphatic heterocycles. The van der Waals surface area contributed by atoms with Crippen molar-refractivity contribution in [1.82, 2.24) is 4.63 Å². The van der Waals surface area contributed by atoms with E-state index in [0.717, 1.165) is 13.8 Å². The van der Waals surface area contributed by atoms with Crippen LogP contribution >= 0.6 is 0 Å². The maximum Gasteiger partial charge on any atom is 0.327 e. The third-order valence-electron chi connectivity index (χ3n) is 1.10. The predicted octanol–water partition coefficient (Wildman–Crippen LogP) is -0.0156. The van der Waals surface area contributed by atoms with Crippen molar-refractivity contribution in [3.63, 3.8) is 0 Å². The zero-order chi connectivity index (χ0) is 12.1. The summed E-state index contributed by atoms with van der Waals surface area (Å²) < 4.78 is 22.7. The van der Waals surface area contributed by atoms with Gasteiger partial charge in [0.1, 0.15) is 0 Å². The van der Waals surface area contributed by atoms with Crippen molar-refractivity contribution < 1.29 is 27.7 Å². The molecule has 0 atom stereocenters. The van der Waals surface area contributed by atoms with Crippen LogP contribution in [0.4, 0.5) is 0 Å². The maximum absolute atomic E-state index is 11.4. The fourth-order valence-corrected chi connectivity index (χ4v) is 1.78. The van der Waals surface area contributed by atoms with E-state index in [-0.39, 0.29) is 10.4 Å². The van der Waals surface area contributed by atoms with Crippen LogP contribution in [0.25, 0.3) is 0 Å². The Morgan fingerprint density at radius 3 is 1.80 bits per heavy atom. The highest BCUT2D eigenvalue weighted by Gasteiger charge is 2.28. The molecule has 0 N–H and O–H groups in total. The Labute approximate surface area is 87.9 Å². The normalized spacial score (nSPS) is 11.2. The summed E-state index contributed by atoms with van der Waals surface area (Å²) in [6.07, 6.45) is 0.307. The summed E-state index contributed by atoms with van der Waals surface area (Å²) in [7, 11) is -3.92. The van der Waals surface area contributed by atoms with Gasteiger partial charge in [0.15, 0.2) is 4.63 Å². The van der Waals surface area contributed by atoms with E-state index in [1.807, 2.05) is 0 Å².